The normalized spacial score (nSPS) is 24.0. The van der Waals surface area contributed by atoms with E-state index in [9.17, 15) is 4.79 Å². The first-order chi connectivity index (χ1) is 16.7. The van der Waals surface area contributed by atoms with Crippen molar-refractivity contribution in [3.63, 3.8) is 0 Å². The molecule has 1 aliphatic carbocycles. The van der Waals surface area contributed by atoms with Gasteiger partial charge in [-0.15, -0.1) is 0 Å². The van der Waals surface area contributed by atoms with Crippen molar-refractivity contribution in [2.24, 2.45) is 0 Å². The Morgan fingerprint density at radius 3 is 2.31 bits per heavy atom. The molecule has 1 aromatic heterocycles. The number of aryl methyl sites for hydroxylation is 2. The first-order valence-corrected chi connectivity index (χ1v) is 13.0. The third kappa shape index (κ3) is 5.35. The number of rotatable bonds is 7. The molecular weight excluding hydrogens is 444 g/mol. The van der Waals surface area contributed by atoms with Crippen molar-refractivity contribution >= 4 is 6.09 Å². The molecule has 5 rings (SSSR count). The molecule has 7 heteroatoms. The fraction of sp³-hybridized carbons (Fsp3) is 0.643. The van der Waals surface area contributed by atoms with Crippen LogP contribution in [0.2, 0.25) is 0 Å². The van der Waals surface area contributed by atoms with Gasteiger partial charge < -0.3 is 23.6 Å². The summed E-state index contributed by atoms with van der Waals surface area (Å²) in [6.07, 6.45) is 5.90. The van der Waals surface area contributed by atoms with Gasteiger partial charge in [0.1, 0.15) is 29.4 Å². The number of hydrogen-bond donors (Lipinski definition) is 0. The third-order valence-electron chi connectivity index (χ3n) is 7.37. The zero-order chi connectivity index (χ0) is 24.7. The van der Waals surface area contributed by atoms with Gasteiger partial charge >= 0.3 is 6.09 Å². The average Bonchev–Trinajstić information content (AvgIpc) is 3.48. The van der Waals surface area contributed by atoms with Crippen molar-refractivity contribution in [1.82, 2.24) is 10.1 Å². The first kappa shape index (κ1) is 24.2. The average molecular weight is 483 g/mol. The molecule has 0 radical (unpaired) electrons. The minimum absolute atomic E-state index is 0.112. The van der Waals surface area contributed by atoms with Crippen LogP contribution < -0.4 is 4.74 Å². The van der Waals surface area contributed by atoms with Crippen molar-refractivity contribution < 1.29 is 23.5 Å². The maximum absolute atomic E-state index is 12.8. The molecule has 7 nitrogen and oxygen atoms in total. The predicted octanol–water partition coefficient (Wildman–Crippen LogP) is 6.19. The molecule has 2 saturated heterocycles. The smallest absolute Gasteiger partial charge is 0.410 e. The van der Waals surface area contributed by atoms with Crippen LogP contribution in [-0.4, -0.2) is 39.9 Å². The maximum Gasteiger partial charge on any atom is 0.410 e. The Balaban J connectivity index is 1.23. The van der Waals surface area contributed by atoms with Crippen LogP contribution in [0.25, 0.3) is 0 Å². The number of benzene rings is 1. The number of amides is 1. The summed E-state index contributed by atoms with van der Waals surface area (Å²) in [6, 6.07) is 6.53. The number of piperidine rings is 1. The van der Waals surface area contributed by atoms with Crippen molar-refractivity contribution in [2.75, 3.05) is 0 Å². The number of hydrogen-bond acceptors (Lipinski definition) is 6. The Morgan fingerprint density at radius 1 is 1.06 bits per heavy atom. The lowest BCUT2D eigenvalue weighted by molar-refractivity contribution is -0.0401. The second kappa shape index (κ2) is 9.49. The van der Waals surface area contributed by atoms with Crippen molar-refractivity contribution in [1.29, 1.82) is 0 Å². The van der Waals surface area contributed by atoms with E-state index in [2.05, 4.69) is 31.1 Å². The van der Waals surface area contributed by atoms with E-state index in [1.165, 1.54) is 0 Å². The van der Waals surface area contributed by atoms with E-state index in [1.807, 2.05) is 31.7 Å². The van der Waals surface area contributed by atoms with Gasteiger partial charge in [0.2, 0.25) is 0 Å². The second-order valence-electron chi connectivity index (χ2n) is 11.4. The van der Waals surface area contributed by atoms with Crippen LogP contribution in [-0.2, 0) is 22.7 Å². The topological polar surface area (TPSA) is 74.0 Å². The minimum atomic E-state index is -0.479. The largest absolute Gasteiger partial charge is 0.487 e. The molecule has 190 valence electrons. The van der Waals surface area contributed by atoms with Crippen LogP contribution in [0.15, 0.2) is 22.7 Å². The molecule has 1 saturated carbocycles. The van der Waals surface area contributed by atoms with Crippen LogP contribution in [0.5, 0.6) is 5.75 Å². The van der Waals surface area contributed by atoms with Crippen molar-refractivity contribution in [3.8, 4) is 5.75 Å². The molecule has 1 unspecified atom stereocenters. The second-order valence-corrected chi connectivity index (χ2v) is 11.4. The van der Waals surface area contributed by atoms with Crippen LogP contribution in [0.3, 0.4) is 0 Å². The lowest BCUT2D eigenvalue weighted by atomic mass is 10.00. The summed E-state index contributed by atoms with van der Waals surface area (Å²) in [5, 5.41) is 4.38. The fourth-order valence-electron chi connectivity index (χ4n) is 5.54. The SMILES string of the molecule is Cc1cccc(C)c1OCc1noc(C2CC2)c1COC1C[C@H]2CC[C@@H](C1)N2C(=O)OC(C)(C)C. The number of fused-ring (bicyclic) bond motifs is 2. The standard InChI is InChI=1S/C28H38N2O5/c1-17-7-6-8-18(2)25(17)33-16-24-23(26(35-29-24)19-9-10-19)15-32-22-13-20-11-12-21(14-22)30(20)27(31)34-28(3,4)5/h6-8,19-22H,9-16H2,1-5H3/t20-,21+,22?. The Kier molecular flexibility index (Phi) is 6.55. The van der Waals surface area contributed by atoms with E-state index >= 15 is 0 Å². The van der Waals surface area contributed by atoms with Crippen LogP contribution in [0, 0.1) is 13.8 Å². The highest BCUT2D eigenvalue weighted by molar-refractivity contribution is 5.69. The van der Waals surface area contributed by atoms with E-state index in [4.69, 9.17) is 18.7 Å². The summed E-state index contributed by atoms with van der Waals surface area (Å²) >= 11 is 0. The van der Waals surface area contributed by atoms with Gasteiger partial charge in [-0.1, -0.05) is 23.4 Å². The zero-order valence-corrected chi connectivity index (χ0v) is 21.6. The van der Waals surface area contributed by atoms with E-state index in [-0.39, 0.29) is 24.3 Å². The van der Waals surface area contributed by atoms with Crippen molar-refractivity contribution in [2.45, 2.75) is 116 Å². The lowest BCUT2D eigenvalue weighted by Crippen LogP contribution is -2.50. The molecule has 2 aliphatic heterocycles. The Hall–Kier alpha value is -2.54. The molecule has 2 aromatic rings. The zero-order valence-electron chi connectivity index (χ0n) is 21.6. The molecule has 3 aliphatic rings. The monoisotopic (exact) mass is 482 g/mol. The molecule has 3 heterocycles. The highest BCUT2D eigenvalue weighted by Crippen LogP contribution is 2.43. The summed E-state index contributed by atoms with van der Waals surface area (Å²) < 4.78 is 24.1. The van der Waals surface area contributed by atoms with E-state index in [0.29, 0.717) is 19.1 Å². The molecule has 3 atom stereocenters. The molecule has 1 amide bonds. The van der Waals surface area contributed by atoms with Crippen LogP contribution in [0.4, 0.5) is 4.79 Å². The molecule has 0 N–H and O–H groups in total. The number of nitrogens with zero attached hydrogens (tertiary/aromatic N) is 2. The molecular formula is C28H38N2O5. The van der Waals surface area contributed by atoms with Gasteiger partial charge in [0.25, 0.3) is 0 Å². The minimum Gasteiger partial charge on any atom is -0.487 e. The van der Waals surface area contributed by atoms with Gasteiger partial charge in [0, 0.05) is 23.6 Å². The van der Waals surface area contributed by atoms with E-state index in [1.54, 1.807) is 0 Å². The van der Waals surface area contributed by atoms with Gasteiger partial charge in [-0.05, 0) is 84.3 Å². The fourth-order valence-corrected chi connectivity index (χ4v) is 5.54. The number of para-hydroxylation sites is 1. The van der Waals surface area contributed by atoms with E-state index < -0.39 is 5.60 Å². The summed E-state index contributed by atoms with van der Waals surface area (Å²) in [7, 11) is 0. The van der Waals surface area contributed by atoms with Gasteiger partial charge in [-0.3, -0.25) is 0 Å². The molecule has 1 aromatic carbocycles. The third-order valence-corrected chi connectivity index (χ3v) is 7.37. The Morgan fingerprint density at radius 2 is 1.71 bits per heavy atom. The Labute approximate surface area is 208 Å². The van der Waals surface area contributed by atoms with Gasteiger partial charge in [0.05, 0.1) is 12.7 Å². The summed E-state index contributed by atoms with van der Waals surface area (Å²) in [4.78, 5) is 14.7. The predicted molar refractivity (Wildman–Crippen MR) is 131 cm³/mol. The first-order valence-electron chi connectivity index (χ1n) is 13.0. The quantitative estimate of drug-likeness (QED) is 0.468. The molecule has 2 bridgehead atoms. The Bertz CT molecular complexity index is 1030. The van der Waals surface area contributed by atoms with Gasteiger partial charge in [-0.25, -0.2) is 4.79 Å². The van der Waals surface area contributed by atoms with Gasteiger partial charge in [0.15, 0.2) is 0 Å². The summed E-state index contributed by atoms with van der Waals surface area (Å²) in [5.74, 6) is 2.31. The number of carbonyl (C=O) groups excluding carboxylic acids is 1. The summed E-state index contributed by atoms with van der Waals surface area (Å²) in [6.45, 7) is 10.7. The lowest BCUT2D eigenvalue weighted by Gasteiger charge is -2.39. The van der Waals surface area contributed by atoms with Crippen LogP contribution >= 0.6 is 0 Å². The number of ether oxygens (including phenoxy) is 3. The maximum atomic E-state index is 12.8. The van der Waals surface area contributed by atoms with Crippen LogP contribution in [0.1, 0.15) is 93.4 Å². The van der Waals surface area contributed by atoms with Crippen molar-refractivity contribution in [3.05, 3.63) is 46.3 Å². The number of carbonyl (C=O) groups is 1. The highest BCUT2D eigenvalue weighted by atomic mass is 16.6. The summed E-state index contributed by atoms with van der Waals surface area (Å²) in [5.41, 5.74) is 3.61. The van der Waals surface area contributed by atoms with E-state index in [0.717, 1.165) is 72.4 Å². The number of aromatic nitrogens is 1. The molecule has 35 heavy (non-hydrogen) atoms. The van der Waals surface area contributed by atoms with Gasteiger partial charge in [-0.2, -0.15) is 0 Å². The highest BCUT2D eigenvalue weighted by Gasteiger charge is 2.45. The molecule has 0 spiro atoms. The molecule has 3 fully saturated rings.